The van der Waals surface area contributed by atoms with E-state index >= 15 is 0 Å². The Labute approximate surface area is 194 Å². The molecule has 184 valence electrons. The van der Waals surface area contributed by atoms with Crippen molar-refractivity contribution in [2.24, 2.45) is 0 Å². The van der Waals surface area contributed by atoms with Gasteiger partial charge in [-0.2, -0.15) is 0 Å². The predicted molar refractivity (Wildman–Crippen MR) is 123 cm³/mol. The van der Waals surface area contributed by atoms with Crippen LogP contribution in [-0.2, 0) is 20.8 Å². The Bertz CT molecular complexity index is 790. The second-order valence-corrected chi connectivity index (χ2v) is 8.57. The fourth-order valence-corrected chi connectivity index (χ4v) is 3.99. The Morgan fingerprint density at radius 2 is 1.33 bits per heavy atom. The largest absolute Gasteiger partial charge is 0.480 e. The van der Waals surface area contributed by atoms with Crippen molar-refractivity contribution in [3.8, 4) is 0 Å². The predicted octanol–water partition coefficient (Wildman–Crippen LogP) is -0.715. The summed E-state index contributed by atoms with van der Waals surface area (Å²) in [6.07, 6.45) is 0.534. The van der Waals surface area contributed by atoms with Gasteiger partial charge in [0, 0.05) is 57.5 Å². The molecule has 1 aromatic rings. The van der Waals surface area contributed by atoms with E-state index in [-0.39, 0.29) is 25.7 Å². The number of nitrogen functional groups attached to an aromatic ring is 1. The third-order valence-corrected chi connectivity index (χ3v) is 5.79. The first-order valence-electron chi connectivity index (χ1n) is 11.0. The fourth-order valence-electron chi connectivity index (χ4n) is 3.99. The Kier molecular flexibility index (Phi) is 10.5. The van der Waals surface area contributed by atoms with E-state index < -0.39 is 17.9 Å². The van der Waals surface area contributed by atoms with Crippen LogP contribution in [0, 0.1) is 0 Å². The summed E-state index contributed by atoms with van der Waals surface area (Å²) in [5.41, 5.74) is 7.41. The van der Waals surface area contributed by atoms with Crippen molar-refractivity contribution in [3.63, 3.8) is 0 Å². The van der Waals surface area contributed by atoms with Crippen LogP contribution in [0.5, 0.6) is 0 Å². The molecule has 11 heteroatoms. The molecule has 1 saturated heterocycles. The molecule has 0 aromatic heterocycles. The molecule has 0 radical (unpaired) electrons. The summed E-state index contributed by atoms with van der Waals surface area (Å²) in [7, 11) is 1.93. The number of rotatable bonds is 8. The molecule has 0 spiro atoms. The molecule has 0 saturated carbocycles. The van der Waals surface area contributed by atoms with Crippen LogP contribution in [0.4, 0.5) is 5.69 Å². The lowest BCUT2D eigenvalue weighted by Gasteiger charge is -2.37. The maximum absolute atomic E-state index is 11.6. The summed E-state index contributed by atoms with van der Waals surface area (Å²) in [5.74, 6) is -2.85. The minimum absolute atomic E-state index is 0.116. The van der Waals surface area contributed by atoms with E-state index in [1.807, 2.05) is 24.1 Å². The van der Waals surface area contributed by atoms with E-state index in [1.54, 1.807) is 21.9 Å². The van der Waals surface area contributed by atoms with Gasteiger partial charge in [0.15, 0.2) is 0 Å². The molecule has 1 unspecified atom stereocenters. The monoisotopic (exact) mass is 465 g/mol. The summed E-state index contributed by atoms with van der Waals surface area (Å²) in [6.45, 7) is 2.87. The topological polar surface area (TPSA) is 151 Å². The van der Waals surface area contributed by atoms with Gasteiger partial charge in [-0.3, -0.25) is 29.1 Å². The lowest BCUT2D eigenvalue weighted by molar-refractivity contribution is -0.141. The lowest BCUT2D eigenvalue weighted by Crippen LogP contribution is -2.52. The lowest BCUT2D eigenvalue weighted by atomic mass is 10.0. The first-order valence-corrected chi connectivity index (χ1v) is 11.0. The van der Waals surface area contributed by atoms with Crippen LogP contribution in [0.3, 0.4) is 0 Å². The van der Waals surface area contributed by atoms with Gasteiger partial charge >= 0.3 is 17.9 Å². The van der Waals surface area contributed by atoms with Gasteiger partial charge in [0.25, 0.3) is 0 Å². The first-order chi connectivity index (χ1) is 15.6. The van der Waals surface area contributed by atoms with Crippen LogP contribution in [0.15, 0.2) is 24.3 Å². The SMILES string of the molecule is CN1CCN(CC(=O)O)CCN(CC(=O)O)CC(Cc2ccc(N)cc2)N(CC(=O)O)CC1. The first kappa shape index (κ1) is 26.5. The molecule has 2 rings (SSSR count). The second kappa shape index (κ2) is 13.1. The van der Waals surface area contributed by atoms with Gasteiger partial charge in [-0.25, -0.2) is 0 Å². The molecule has 1 atom stereocenters. The zero-order valence-electron chi connectivity index (χ0n) is 19.1. The Balaban J connectivity index is 2.31. The average Bonchev–Trinajstić information content (AvgIpc) is 2.72. The molecular weight excluding hydrogens is 430 g/mol. The quantitative estimate of drug-likeness (QED) is 0.360. The van der Waals surface area contributed by atoms with Crippen LogP contribution in [-0.4, -0.2) is 131 Å². The highest BCUT2D eigenvalue weighted by Gasteiger charge is 2.26. The minimum Gasteiger partial charge on any atom is -0.480 e. The number of hydrogen-bond donors (Lipinski definition) is 4. The van der Waals surface area contributed by atoms with Crippen molar-refractivity contribution in [2.75, 3.05) is 78.2 Å². The van der Waals surface area contributed by atoms with E-state index in [2.05, 4.69) is 4.90 Å². The molecule has 33 heavy (non-hydrogen) atoms. The molecule has 0 bridgehead atoms. The van der Waals surface area contributed by atoms with Crippen LogP contribution in [0.1, 0.15) is 5.56 Å². The third-order valence-electron chi connectivity index (χ3n) is 5.79. The zero-order valence-corrected chi connectivity index (χ0v) is 19.1. The molecule has 0 aliphatic carbocycles. The molecule has 1 fully saturated rings. The Morgan fingerprint density at radius 1 is 0.818 bits per heavy atom. The van der Waals surface area contributed by atoms with Gasteiger partial charge in [0.2, 0.25) is 0 Å². The van der Waals surface area contributed by atoms with Crippen molar-refractivity contribution in [3.05, 3.63) is 29.8 Å². The minimum atomic E-state index is -0.984. The molecule has 1 aromatic carbocycles. The number of aliphatic carboxylic acids is 3. The number of benzene rings is 1. The van der Waals surface area contributed by atoms with Gasteiger partial charge < -0.3 is 26.0 Å². The molecule has 11 nitrogen and oxygen atoms in total. The Hall–Kier alpha value is -2.73. The van der Waals surface area contributed by atoms with Crippen molar-refractivity contribution < 1.29 is 29.7 Å². The van der Waals surface area contributed by atoms with Gasteiger partial charge in [0.05, 0.1) is 19.6 Å². The highest BCUT2D eigenvalue weighted by Crippen LogP contribution is 2.14. The van der Waals surface area contributed by atoms with Gasteiger partial charge in [-0.1, -0.05) is 12.1 Å². The highest BCUT2D eigenvalue weighted by atomic mass is 16.4. The summed E-state index contributed by atoms with van der Waals surface area (Å²) >= 11 is 0. The maximum atomic E-state index is 11.6. The number of hydrogen-bond acceptors (Lipinski definition) is 8. The number of nitrogens with zero attached hydrogens (tertiary/aromatic N) is 4. The number of anilines is 1. The highest BCUT2D eigenvalue weighted by molar-refractivity contribution is 5.70. The molecule has 1 aliphatic rings. The van der Waals surface area contributed by atoms with Crippen LogP contribution < -0.4 is 5.73 Å². The van der Waals surface area contributed by atoms with Gasteiger partial charge in [-0.05, 0) is 31.2 Å². The number of nitrogens with two attached hydrogens (primary N) is 1. The van der Waals surface area contributed by atoms with E-state index in [0.717, 1.165) is 5.56 Å². The molecule has 5 N–H and O–H groups in total. The van der Waals surface area contributed by atoms with Crippen LogP contribution >= 0.6 is 0 Å². The van der Waals surface area contributed by atoms with Gasteiger partial charge in [-0.15, -0.1) is 0 Å². The summed E-state index contributed by atoms with van der Waals surface area (Å²) in [4.78, 5) is 41.9. The molecule has 0 amide bonds. The number of likely N-dealkylation sites (N-methyl/N-ethyl adjacent to an activating group) is 1. The normalized spacial score (nSPS) is 20.6. The third kappa shape index (κ3) is 10.2. The summed E-state index contributed by atoms with van der Waals surface area (Å²) in [5, 5.41) is 28.2. The smallest absolute Gasteiger partial charge is 0.317 e. The standard InChI is InChI=1S/C22H35N5O6/c1-24-6-8-25(14-20(28)29)9-10-26(15-21(30)31)13-19(27(11-7-24)16-22(32)33)12-17-2-4-18(23)5-3-17/h2-5,19H,6-16,23H2,1H3,(H,28,29)(H,30,31)(H,32,33). The van der Waals surface area contributed by atoms with E-state index in [9.17, 15) is 29.7 Å². The van der Waals surface area contributed by atoms with Crippen LogP contribution in [0.25, 0.3) is 0 Å². The fraction of sp³-hybridized carbons (Fsp3) is 0.591. The Morgan fingerprint density at radius 3 is 1.94 bits per heavy atom. The number of carbonyl (C=O) groups is 3. The number of carboxylic acid groups (broad SMARTS) is 3. The maximum Gasteiger partial charge on any atom is 0.317 e. The van der Waals surface area contributed by atoms with Crippen molar-refractivity contribution in [1.29, 1.82) is 0 Å². The zero-order chi connectivity index (χ0) is 24.4. The van der Waals surface area contributed by atoms with Crippen LogP contribution in [0.2, 0.25) is 0 Å². The molecule has 1 heterocycles. The van der Waals surface area contributed by atoms with E-state index in [1.165, 1.54) is 0 Å². The van der Waals surface area contributed by atoms with Crippen molar-refractivity contribution in [2.45, 2.75) is 12.5 Å². The van der Waals surface area contributed by atoms with E-state index in [0.29, 0.717) is 57.9 Å². The van der Waals surface area contributed by atoms with Gasteiger partial charge in [0.1, 0.15) is 0 Å². The molecular formula is C22H35N5O6. The average molecular weight is 466 g/mol. The second-order valence-electron chi connectivity index (χ2n) is 8.57. The van der Waals surface area contributed by atoms with Crippen molar-refractivity contribution >= 4 is 23.6 Å². The summed E-state index contributed by atoms with van der Waals surface area (Å²) in [6, 6.07) is 7.13. The van der Waals surface area contributed by atoms with Crippen molar-refractivity contribution in [1.82, 2.24) is 19.6 Å². The number of carboxylic acids is 3. The summed E-state index contributed by atoms with van der Waals surface area (Å²) < 4.78 is 0. The molecule has 1 aliphatic heterocycles. The van der Waals surface area contributed by atoms with E-state index in [4.69, 9.17) is 5.73 Å².